The van der Waals surface area contributed by atoms with Crippen molar-refractivity contribution >= 4 is 17.3 Å². The molecule has 1 aliphatic rings. The minimum atomic E-state index is 0.634. The van der Waals surface area contributed by atoms with Crippen molar-refractivity contribution in [3.63, 3.8) is 0 Å². The van der Waals surface area contributed by atoms with E-state index >= 15 is 0 Å². The van der Waals surface area contributed by atoms with Crippen molar-refractivity contribution in [2.75, 3.05) is 6.54 Å². The van der Waals surface area contributed by atoms with Crippen LogP contribution in [0, 0.1) is 0 Å². The van der Waals surface area contributed by atoms with E-state index in [1.54, 1.807) is 0 Å². The molecule has 0 saturated carbocycles. The number of hydrogen-bond acceptors (Lipinski definition) is 1. The molecule has 1 aliphatic heterocycles. The summed E-state index contributed by atoms with van der Waals surface area (Å²) in [7, 11) is 0. The van der Waals surface area contributed by atoms with Crippen molar-refractivity contribution in [2.45, 2.75) is 45.2 Å². The highest BCUT2D eigenvalue weighted by Gasteiger charge is 2.22. The number of thiocarbonyl (C=S) groups is 1. The van der Waals surface area contributed by atoms with Gasteiger partial charge in [0.2, 0.25) is 0 Å². The summed E-state index contributed by atoms with van der Waals surface area (Å²) >= 11 is 5.53. The number of hydrogen-bond donors (Lipinski definition) is 1. The van der Waals surface area contributed by atoms with Crippen molar-refractivity contribution in [3.8, 4) is 0 Å². The summed E-state index contributed by atoms with van der Waals surface area (Å²) in [6, 6.07) is 11.1. The van der Waals surface area contributed by atoms with Gasteiger partial charge < -0.3 is 10.2 Å². The lowest BCUT2D eigenvalue weighted by Gasteiger charge is -2.37. The molecule has 2 nitrogen and oxygen atoms in total. The Balaban J connectivity index is 1.87. The summed E-state index contributed by atoms with van der Waals surface area (Å²) < 4.78 is 0. The van der Waals surface area contributed by atoms with Crippen LogP contribution in [0.15, 0.2) is 30.3 Å². The zero-order valence-corrected chi connectivity index (χ0v) is 11.9. The van der Waals surface area contributed by atoms with E-state index < -0.39 is 0 Å². The highest BCUT2D eigenvalue weighted by atomic mass is 32.1. The Kier molecular flexibility index (Phi) is 5.00. The van der Waals surface area contributed by atoms with Gasteiger partial charge in [-0.3, -0.25) is 0 Å². The highest BCUT2D eigenvalue weighted by Crippen LogP contribution is 2.19. The molecule has 1 saturated heterocycles. The first-order chi connectivity index (χ1) is 8.81. The van der Waals surface area contributed by atoms with E-state index in [1.807, 2.05) is 6.07 Å². The van der Waals surface area contributed by atoms with Gasteiger partial charge >= 0.3 is 0 Å². The first-order valence-electron chi connectivity index (χ1n) is 6.89. The van der Waals surface area contributed by atoms with Gasteiger partial charge in [-0.1, -0.05) is 37.3 Å². The van der Waals surface area contributed by atoms with Crippen LogP contribution in [0.5, 0.6) is 0 Å². The molecule has 0 spiro atoms. The van der Waals surface area contributed by atoms with E-state index in [0.717, 1.165) is 18.2 Å². The largest absolute Gasteiger partial charge is 0.358 e. The SMILES string of the molecule is CC[C@@H]1CCCCN1C(=S)NCc1ccccc1. The molecule has 1 atom stereocenters. The zero-order chi connectivity index (χ0) is 12.8. The van der Waals surface area contributed by atoms with E-state index in [4.69, 9.17) is 12.2 Å². The summed E-state index contributed by atoms with van der Waals surface area (Å²) in [6.45, 7) is 4.19. The average molecular weight is 262 g/mol. The maximum absolute atomic E-state index is 5.53. The maximum atomic E-state index is 5.53. The Morgan fingerprint density at radius 2 is 2.11 bits per heavy atom. The quantitative estimate of drug-likeness (QED) is 0.841. The molecule has 1 N–H and O–H groups in total. The fourth-order valence-corrected chi connectivity index (χ4v) is 2.88. The lowest BCUT2D eigenvalue weighted by molar-refractivity contribution is 0.233. The molecule has 0 radical (unpaired) electrons. The second-order valence-corrected chi connectivity index (χ2v) is 5.28. The predicted molar refractivity (Wildman–Crippen MR) is 80.5 cm³/mol. The van der Waals surface area contributed by atoms with Gasteiger partial charge in [0.1, 0.15) is 0 Å². The topological polar surface area (TPSA) is 15.3 Å². The second kappa shape index (κ2) is 6.74. The summed E-state index contributed by atoms with van der Waals surface area (Å²) in [5.41, 5.74) is 1.28. The first kappa shape index (κ1) is 13.3. The van der Waals surface area contributed by atoms with Crippen LogP contribution in [0.1, 0.15) is 38.2 Å². The molecule has 0 aromatic heterocycles. The number of likely N-dealkylation sites (tertiary alicyclic amines) is 1. The van der Waals surface area contributed by atoms with Crippen LogP contribution in [0.2, 0.25) is 0 Å². The van der Waals surface area contributed by atoms with Crippen LogP contribution in [0.4, 0.5) is 0 Å². The molecule has 1 aromatic carbocycles. The Morgan fingerprint density at radius 3 is 2.83 bits per heavy atom. The van der Waals surface area contributed by atoms with E-state index in [1.165, 1.54) is 31.2 Å². The van der Waals surface area contributed by atoms with Crippen molar-refractivity contribution < 1.29 is 0 Å². The fourth-order valence-electron chi connectivity index (χ4n) is 2.57. The Hall–Kier alpha value is -1.09. The van der Waals surface area contributed by atoms with Crippen LogP contribution in [-0.4, -0.2) is 22.6 Å². The molecule has 1 aromatic rings. The molecule has 1 fully saturated rings. The molecule has 1 heterocycles. The molecule has 0 bridgehead atoms. The van der Waals surface area contributed by atoms with Gasteiger partial charge in [-0.15, -0.1) is 0 Å². The van der Waals surface area contributed by atoms with Crippen LogP contribution in [-0.2, 0) is 6.54 Å². The lowest BCUT2D eigenvalue weighted by Crippen LogP contribution is -2.48. The lowest BCUT2D eigenvalue weighted by atomic mass is 10.0. The van der Waals surface area contributed by atoms with Crippen molar-refractivity contribution in [1.29, 1.82) is 0 Å². The number of nitrogens with zero attached hydrogens (tertiary/aromatic N) is 1. The molecule has 18 heavy (non-hydrogen) atoms. The standard InChI is InChI=1S/C15H22N2S/c1-2-14-10-6-7-11-17(14)15(18)16-12-13-8-4-3-5-9-13/h3-5,8-9,14H,2,6-7,10-12H2,1H3,(H,16,18)/t14-/m1/s1. The summed E-state index contributed by atoms with van der Waals surface area (Å²) in [6.07, 6.45) is 5.08. The Morgan fingerprint density at radius 1 is 1.33 bits per heavy atom. The van der Waals surface area contributed by atoms with E-state index in [2.05, 4.69) is 41.4 Å². The Labute approximate surface area is 115 Å². The van der Waals surface area contributed by atoms with Crippen LogP contribution in [0.25, 0.3) is 0 Å². The minimum Gasteiger partial charge on any atom is -0.358 e. The van der Waals surface area contributed by atoms with Gasteiger partial charge in [-0.2, -0.15) is 0 Å². The van der Waals surface area contributed by atoms with Gasteiger partial charge in [0.15, 0.2) is 5.11 Å². The third-order valence-electron chi connectivity index (χ3n) is 3.65. The normalized spacial score (nSPS) is 19.6. The maximum Gasteiger partial charge on any atom is 0.169 e. The van der Waals surface area contributed by atoms with Gasteiger partial charge in [0.25, 0.3) is 0 Å². The van der Waals surface area contributed by atoms with Crippen molar-refractivity contribution in [2.24, 2.45) is 0 Å². The molecule has 2 rings (SSSR count). The summed E-state index contributed by atoms with van der Waals surface area (Å²) in [4.78, 5) is 2.38. The third-order valence-corrected chi connectivity index (χ3v) is 4.02. The summed E-state index contributed by atoms with van der Waals surface area (Å²) in [5.74, 6) is 0. The smallest absolute Gasteiger partial charge is 0.169 e. The molecular weight excluding hydrogens is 240 g/mol. The van der Waals surface area contributed by atoms with Crippen molar-refractivity contribution in [3.05, 3.63) is 35.9 Å². The molecule has 0 unspecified atom stereocenters. The first-order valence-corrected chi connectivity index (χ1v) is 7.30. The monoisotopic (exact) mass is 262 g/mol. The third kappa shape index (κ3) is 3.45. The van der Waals surface area contributed by atoms with Crippen LogP contribution in [0.3, 0.4) is 0 Å². The zero-order valence-electron chi connectivity index (χ0n) is 11.1. The van der Waals surface area contributed by atoms with E-state index in [-0.39, 0.29) is 0 Å². The fraction of sp³-hybridized carbons (Fsp3) is 0.533. The van der Waals surface area contributed by atoms with E-state index in [9.17, 15) is 0 Å². The van der Waals surface area contributed by atoms with Crippen LogP contribution < -0.4 is 5.32 Å². The Bertz CT molecular complexity index is 377. The van der Waals surface area contributed by atoms with E-state index in [0.29, 0.717) is 6.04 Å². The van der Waals surface area contributed by atoms with Crippen molar-refractivity contribution in [1.82, 2.24) is 10.2 Å². The van der Waals surface area contributed by atoms with Gasteiger partial charge in [-0.25, -0.2) is 0 Å². The van der Waals surface area contributed by atoms with Gasteiger partial charge in [0, 0.05) is 19.1 Å². The number of nitrogens with one attached hydrogen (secondary N) is 1. The molecule has 0 aliphatic carbocycles. The van der Waals surface area contributed by atoms with Crippen LogP contribution >= 0.6 is 12.2 Å². The molecule has 98 valence electrons. The number of benzene rings is 1. The minimum absolute atomic E-state index is 0.634. The molecular formula is C15H22N2S. The predicted octanol–water partition coefficient (Wildman–Crippen LogP) is 3.33. The van der Waals surface area contributed by atoms with Gasteiger partial charge in [0.05, 0.1) is 0 Å². The average Bonchev–Trinajstić information content (AvgIpc) is 2.45. The highest BCUT2D eigenvalue weighted by molar-refractivity contribution is 7.80. The van der Waals surface area contributed by atoms with Gasteiger partial charge in [-0.05, 0) is 43.5 Å². The number of piperidine rings is 1. The molecule has 3 heteroatoms. The molecule has 0 amide bonds. The summed E-state index contributed by atoms with van der Waals surface area (Å²) in [5, 5.41) is 4.31. The number of rotatable bonds is 3. The second-order valence-electron chi connectivity index (χ2n) is 4.90.